The highest BCUT2D eigenvalue weighted by molar-refractivity contribution is 7.91. The third-order valence-corrected chi connectivity index (χ3v) is 4.72. The zero-order valence-electron chi connectivity index (χ0n) is 11.0. The minimum absolute atomic E-state index is 0.0472. The molecule has 1 amide bonds. The predicted molar refractivity (Wildman–Crippen MR) is 72.3 cm³/mol. The van der Waals surface area contributed by atoms with E-state index in [1.807, 2.05) is 0 Å². The second-order valence-corrected chi connectivity index (χ2v) is 6.89. The summed E-state index contributed by atoms with van der Waals surface area (Å²) in [5.74, 6) is -0.756. The third kappa shape index (κ3) is 3.57. The minimum atomic E-state index is -3.05. The van der Waals surface area contributed by atoms with Gasteiger partial charge in [-0.1, -0.05) is 12.1 Å². The van der Waals surface area contributed by atoms with Gasteiger partial charge in [0.15, 0.2) is 9.84 Å². The van der Waals surface area contributed by atoms with E-state index >= 15 is 0 Å². The smallest absolute Gasteiger partial charge is 0.308 e. The van der Waals surface area contributed by atoms with Gasteiger partial charge in [0.2, 0.25) is 0 Å². The Labute approximate surface area is 117 Å². The fourth-order valence-electron chi connectivity index (χ4n) is 2.07. The van der Waals surface area contributed by atoms with E-state index in [-0.39, 0.29) is 22.8 Å². The number of esters is 1. The highest BCUT2D eigenvalue weighted by atomic mass is 32.2. The Morgan fingerprint density at radius 3 is 2.60 bits per heavy atom. The highest BCUT2D eigenvalue weighted by Crippen LogP contribution is 2.19. The van der Waals surface area contributed by atoms with Crippen LogP contribution < -0.4 is 10.1 Å². The average molecular weight is 297 g/mol. The van der Waals surface area contributed by atoms with E-state index < -0.39 is 27.8 Å². The normalized spacial score (nSPS) is 20.4. The van der Waals surface area contributed by atoms with Crippen molar-refractivity contribution in [3.63, 3.8) is 0 Å². The molecule has 0 radical (unpaired) electrons. The van der Waals surface area contributed by atoms with Crippen LogP contribution in [0.15, 0.2) is 24.3 Å². The summed E-state index contributed by atoms with van der Waals surface area (Å²) < 4.78 is 27.7. The molecule has 0 aliphatic carbocycles. The van der Waals surface area contributed by atoms with Crippen molar-refractivity contribution < 1.29 is 22.7 Å². The second-order valence-electron chi connectivity index (χ2n) is 4.66. The molecule has 1 fully saturated rings. The van der Waals surface area contributed by atoms with Gasteiger partial charge >= 0.3 is 5.97 Å². The summed E-state index contributed by atoms with van der Waals surface area (Å²) >= 11 is 0. The lowest BCUT2D eigenvalue weighted by atomic mass is 10.1. The number of hydrogen-bond acceptors (Lipinski definition) is 5. The molecule has 1 unspecified atom stereocenters. The fraction of sp³-hybridized carbons (Fsp3) is 0.385. The zero-order valence-corrected chi connectivity index (χ0v) is 11.8. The summed E-state index contributed by atoms with van der Waals surface area (Å²) in [7, 11) is -3.05. The van der Waals surface area contributed by atoms with Crippen LogP contribution in [0.1, 0.15) is 23.7 Å². The zero-order chi connectivity index (χ0) is 14.8. The summed E-state index contributed by atoms with van der Waals surface area (Å²) in [6, 6.07) is 5.94. The van der Waals surface area contributed by atoms with E-state index in [0.29, 0.717) is 6.42 Å². The van der Waals surface area contributed by atoms with Crippen LogP contribution in [-0.4, -0.2) is 37.8 Å². The molecular weight excluding hydrogens is 282 g/mol. The van der Waals surface area contributed by atoms with Gasteiger partial charge in [0, 0.05) is 13.0 Å². The summed E-state index contributed by atoms with van der Waals surface area (Å²) in [4.78, 5) is 23.1. The molecule has 1 saturated heterocycles. The molecule has 1 heterocycles. The van der Waals surface area contributed by atoms with Crippen LogP contribution in [0.25, 0.3) is 0 Å². The Kier molecular flexibility index (Phi) is 4.08. The number of hydrogen-bond donors (Lipinski definition) is 1. The number of amides is 1. The lowest BCUT2D eigenvalue weighted by Crippen LogP contribution is -2.35. The monoisotopic (exact) mass is 297 g/mol. The van der Waals surface area contributed by atoms with E-state index in [9.17, 15) is 18.0 Å². The number of rotatable bonds is 3. The number of carbonyl (C=O) groups excluding carboxylic acids is 2. The quantitative estimate of drug-likeness (QED) is 0.649. The molecule has 1 atom stereocenters. The van der Waals surface area contributed by atoms with Gasteiger partial charge in [-0.2, -0.15) is 0 Å². The lowest BCUT2D eigenvalue weighted by Gasteiger charge is -2.13. The molecular formula is C13H15NO5S. The number of carbonyl (C=O) groups is 2. The molecule has 0 saturated carbocycles. The molecule has 108 valence electrons. The van der Waals surface area contributed by atoms with Crippen molar-refractivity contribution >= 4 is 21.7 Å². The van der Waals surface area contributed by atoms with Gasteiger partial charge in [0.1, 0.15) is 5.75 Å². The number of para-hydroxylation sites is 1. The molecule has 0 aromatic heterocycles. The summed E-state index contributed by atoms with van der Waals surface area (Å²) in [6.45, 7) is 1.25. The van der Waals surface area contributed by atoms with E-state index in [4.69, 9.17) is 4.74 Å². The highest BCUT2D eigenvalue weighted by Gasteiger charge is 2.29. The SMILES string of the molecule is CC(=O)Oc1ccccc1C(=O)NC1CCS(=O)(=O)C1. The van der Waals surface area contributed by atoms with Crippen molar-refractivity contribution in [3.05, 3.63) is 29.8 Å². The molecule has 0 spiro atoms. The minimum Gasteiger partial charge on any atom is -0.426 e. The maximum Gasteiger partial charge on any atom is 0.308 e. The number of nitrogens with one attached hydrogen (secondary N) is 1. The van der Waals surface area contributed by atoms with Gasteiger partial charge in [-0.05, 0) is 18.6 Å². The van der Waals surface area contributed by atoms with Crippen molar-refractivity contribution in [3.8, 4) is 5.75 Å². The fourth-order valence-corrected chi connectivity index (χ4v) is 3.74. The van der Waals surface area contributed by atoms with Gasteiger partial charge in [0.05, 0.1) is 17.1 Å². The van der Waals surface area contributed by atoms with Crippen molar-refractivity contribution in [2.45, 2.75) is 19.4 Å². The Morgan fingerprint density at radius 1 is 1.30 bits per heavy atom. The van der Waals surface area contributed by atoms with Crippen LogP contribution in [0.2, 0.25) is 0 Å². The van der Waals surface area contributed by atoms with Crippen LogP contribution in [0.3, 0.4) is 0 Å². The molecule has 0 bridgehead atoms. The first-order chi connectivity index (χ1) is 9.37. The van der Waals surface area contributed by atoms with E-state index in [1.165, 1.54) is 19.1 Å². The molecule has 6 nitrogen and oxygen atoms in total. The van der Waals surface area contributed by atoms with Gasteiger partial charge in [-0.3, -0.25) is 9.59 Å². The van der Waals surface area contributed by atoms with Gasteiger partial charge in [-0.15, -0.1) is 0 Å². The number of benzene rings is 1. The predicted octanol–water partition coefficient (Wildman–Crippen LogP) is 0.529. The van der Waals surface area contributed by atoms with E-state index in [0.717, 1.165) is 0 Å². The molecule has 1 N–H and O–H groups in total. The largest absolute Gasteiger partial charge is 0.426 e. The van der Waals surface area contributed by atoms with E-state index in [2.05, 4.69) is 5.32 Å². The maximum absolute atomic E-state index is 12.1. The number of ether oxygens (including phenoxy) is 1. The van der Waals surface area contributed by atoms with Crippen molar-refractivity contribution in [2.75, 3.05) is 11.5 Å². The Bertz CT molecular complexity index is 638. The third-order valence-electron chi connectivity index (χ3n) is 2.95. The van der Waals surface area contributed by atoms with Crippen molar-refractivity contribution in [1.29, 1.82) is 0 Å². The first-order valence-electron chi connectivity index (χ1n) is 6.16. The lowest BCUT2D eigenvalue weighted by molar-refractivity contribution is -0.131. The van der Waals surface area contributed by atoms with Crippen LogP contribution in [0.4, 0.5) is 0 Å². The van der Waals surface area contributed by atoms with E-state index in [1.54, 1.807) is 12.1 Å². The molecule has 2 rings (SSSR count). The topological polar surface area (TPSA) is 89.5 Å². The molecule has 1 aliphatic heterocycles. The molecule has 20 heavy (non-hydrogen) atoms. The van der Waals surface area contributed by atoms with Crippen LogP contribution in [0.5, 0.6) is 5.75 Å². The van der Waals surface area contributed by atoms with Crippen molar-refractivity contribution in [1.82, 2.24) is 5.32 Å². The number of sulfone groups is 1. The first kappa shape index (κ1) is 14.5. The molecule has 1 aromatic carbocycles. The summed E-state index contributed by atoms with van der Waals surface area (Å²) in [6.07, 6.45) is 0.407. The molecule has 1 aromatic rings. The average Bonchev–Trinajstić information content (AvgIpc) is 2.68. The van der Waals surface area contributed by atoms with Gasteiger partial charge in [-0.25, -0.2) is 8.42 Å². The molecule has 1 aliphatic rings. The Morgan fingerprint density at radius 2 is 2.00 bits per heavy atom. The standard InChI is InChI=1S/C13H15NO5S/c1-9(15)19-12-5-3-2-4-11(12)13(16)14-10-6-7-20(17,18)8-10/h2-5,10H,6-8H2,1H3,(H,14,16). The van der Waals surface area contributed by atoms with Gasteiger partial charge < -0.3 is 10.1 Å². The first-order valence-corrected chi connectivity index (χ1v) is 7.98. The summed E-state index contributed by atoms with van der Waals surface area (Å²) in [5.41, 5.74) is 0.215. The van der Waals surface area contributed by atoms with Crippen LogP contribution in [-0.2, 0) is 14.6 Å². The molecule has 7 heteroatoms. The maximum atomic E-state index is 12.1. The van der Waals surface area contributed by atoms with Crippen LogP contribution >= 0.6 is 0 Å². The van der Waals surface area contributed by atoms with Crippen LogP contribution in [0, 0.1) is 0 Å². The second kappa shape index (κ2) is 5.62. The summed E-state index contributed by atoms with van der Waals surface area (Å²) in [5, 5.41) is 2.66. The van der Waals surface area contributed by atoms with Gasteiger partial charge in [0.25, 0.3) is 5.91 Å². The Hall–Kier alpha value is -1.89. The Balaban J connectivity index is 2.12. The van der Waals surface area contributed by atoms with Crippen molar-refractivity contribution in [2.24, 2.45) is 0 Å².